The first-order chi connectivity index (χ1) is 9.13. The summed E-state index contributed by atoms with van der Waals surface area (Å²) in [6.45, 7) is 4.03. The summed E-state index contributed by atoms with van der Waals surface area (Å²) in [4.78, 5) is 17.0. The van der Waals surface area contributed by atoms with Crippen molar-refractivity contribution in [3.05, 3.63) is 45.9 Å². The van der Waals surface area contributed by atoms with Crippen LogP contribution in [0.2, 0.25) is 0 Å². The lowest BCUT2D eigenvalue weighted by Crippen LogP contribution is -2.19. The van der Waals surface area contributed by atoms with Gasteiger partial charge < -0.3 is 10.6 Å². The molecule has 0 saturated carbocycles. The molecule has 1 atom stereocenters. The number of hydrogen-bond donors (Lipinski definition) is 2. The van der Waals surface area contributed by atoms with Crippen molar-refractivity contribution in [3.8, 4) is 0 Å². The average Bonchev–Trinajstić information content (AvgIpc) is 2.94. The lowest BCUT2D eigenvalue weighted by atomic mass is 10.1. The van der Waals surface area contributed by atoms with Crippen molar-refractivity contribution < 1.29 is 4.79 Å². The molecule has 0 aliphatic heterocycles. The SMILES string of the molecule is CNC(=O)c1cccc(NC(C)c2cncs2)c1C. The van der Waals surface area contributed by atoms with E-state index < -0.39 is 0 Å². The summed E-state index contributed by atoms with van der Waals surface area (Å²) in [5, 5.41) is 6.08. The monoisotopic (exact) mass is 275 g/mol. The number of aromatic nitrogens is 1. The molecule has 2 N–H and O–H groups in total. The van der Waals surface area contributed by atoms with Crippen molar-refractivity contribution >= 4 is 22.9 Å². The van der Waals surface area contributed by atoms with Crippen molar-refractivity contribution in [2.75, 3.05) is 12.4 Å². The number of thiazole rings is 1. The summed E-state index contributed by atoms with van der Waals surface area (Å²) < 4.78 is 0. The van der Waals surface area contributed by atoms with Gasteiger partial charge in [-0.1, -0.05) is 6.07 Å². The number of nitrogens with zero attached hydrogens (tertiary/aromatic N) is 1. The maximum atomic E-state index is 11.8. The van der Waals surface area contributed by atoms with Crippen molar-refractivity contribution in [2.45, 2.75) is 19.9 Å². The molecular weight excluding hydrogens is 258 g/mol. The first-order valence-electron chi connectivity index (χ1n) is 6.10. The summed E-state index contributed by atoms with van der Waals surface area (Å²) in [6.07, 6.45) is 1.86. The van der Waals surface area contributed by atoms with E-state index >= 15 is 0 Å². The number of benzene rings is 1. The third kappa shape index (κ3) is 2.93. The lowest BCUT2D eigenvalue weighted by molar-refractivity contribution is 0.0962. The van der Waals surface area contributed by atoms with Crippen LogP contribution in [0.25, 0.3) is 0 Å². The van der Waals surface area contributed by atoms with Gasteiger partial charge >= 0.3 is 0 Å². The third-order valence-corrected chi connectivity index (χ3v) is 4.01. The van der Waals surface area contributed by atoms with E-state index in [1.165, 1.54) is 4.88 Å². The Labute approximate surface area is 116 Å². The molecule has 4 nitrogen and oxygen atoms in total. The fourth-order valence-corrected chi connectivity index (χ4v) is 2.54. The van der Waals surface area contributed by atoms with Crippen LogP contribution >= 0.6 is 11.3 Å². The predicted octanol–water partition coefficient (Wildman–Crippen LogP) is 2.98. The Morgan fingerprint density at radius 3 is 2.84 bits per heavy atom. The van der Waals surface area contributed by atoms with Crippen molar-refractivity contribution in [3.63, 3.8) is 0 Å². The largest absolute Gasteiger partial charge is 0.377 e. The zero-order valence-corrected chi connectivity index (χ0v) is 12.0. The number of rotatable bonds is 4. The molecular formula is C14H17N3OS. The smallest absolute Gasteiger partial charge is 0.251 e. The molecule has 0 radical (unpaired) electrons. The number of anilines is 1. The predicted molar refractivity (Wildman–Crippen MR) is 78.7 cm³/mol. The number of carbonyl (C=O) groups is 1. The Morgan fingerprint density at radius 1 is 1.42 bits per heavy atom. The zero-order chi connectivity index (χ0) is 13.8. The van der Waals surface area contributed by atoms with Gasteiger partial charge in [-0.05, 0) is 31.5 Å². The maximum absolute atomic E-state index is 11.8. The second-order valence-electron chi connectivity index (χ2n) is 4.33. The van der Waals surface area contributed by atoms with E-state index in [1.807, 2.05) is 36.8 Å². The molecule has 0 aliphatic rings. The average molecular weight is 275 g/mol. The van der Waals surface area contributed by atoms with Gasteiger partial charge in [0, 0.05) is 29.4 Å². The van der Waals surface area contributed by atoms with E-state index in [0.29, 0.717) is 5.56 Å². The molecule has 1 aromatic heterocycles. The minimum Gasteiger partial charge on any atom is -0.377 e. The second-order valence-corrected chi connectivity index (χ2v) is 5.25. The molecule has 0 fully saturated rings. The summed E-state index contributed by atoms with van der Waals surface area (Å²) in [6, 6.07) is 5.88. The summed E-state index contributed by atoms with van der Waals surface area (Å²) in [5.74, 6) is -0.0633. The first-order valence-corrected chi connectivity index (χ1v) is 6.98. The van der Waals surface area contributed by atoms with Gasteiger partial charge in [0.05, 0.1) is 11.6 Å². The van der Waals surface area contributed by atoms with Crippen LogP contribution < -0.4 is 10.6 Å². The van der Waals surface area contributed by atoms with Crippen LogP contribution in [0, 0.1) is 6.92 Å². The van der Waals surface area contributed by atoms with Crippen molar-refractivity contribution in [1.29, 1.82) is 0 Å². The Morgan fingerprint density at radius 2 is 2.21 bits per heavy atom. The highest BCUT2D eigenvalue weighted by Gasteiger charge is 2.13. The van der Waals surface area contributed by atoms with Crippen molar-refractivity contribution in [2.24, 2.45) is 0 Å². The number of amides is 1. The summed E-state index contributed by atoms with van der Waals surface area (Å²) >= 11 is 1.62. The topological polar surface area (TPSA) is 54.0 Å². The van der Waals surface area contributed by atoms with Gasteiger partial charge in [0.2, 0.25) is 0 Å². The highest BCUT2D eigenvalue weighted by atomic mass is 32.1. The number of nitrogens with one attached hydrogen (secondary N) is 2. The molecule has 1 unspecified atom stereocenters. The summed E-state index contributed by atoms with van der Waals surface area (Å²) in [7, 11) is 1.64. The lowest BCUT2D eigenvalue weighted by Gasteiger charge is -2.17. The van der Waals surface area contributed by atoms with Gasteiger partial charge in [0.15, 0.2) is 0 Å². The molecule has 1 aromatic carbocycles. The summed E-state index contributed by atoms with van der Waals surface area (Å²) in [5.41, 5.74) is 4.45. The van der Waals surface area contributed by atoms with Gasteiger partial charge in [-0.3, -0.25) is 9.78 Å². The minimum absolute atomic E-state index is 0.0633. The molecule has 0 saturated heterocycles. The fourth-order valence-electron chi connectivity index (χ4n) is 1.92. The van der Waals surface area contributed by atoms with E-state index in [1.54, 1.807) is 18.4 Å². The quantitative estimate of drug-likeness (QED) is 0.902. The molecule has 1 amide bonds. The van der Waals surface area contributed by atoms with Crippen LogP contribution in [-0.2, 0) is 0 Å². The van der Waals surface area contributed by atoms with E-state index in [-0.39, 0.29) is 11.9 Å². The first kappa shape index (κ1) is 13.5. The highest BCUT2D eigenvalue weighted by Crippen LogP contribution is 2.25. The Hall–Kier alpha value is -1.88. The van der Waals surface area contributed by atoms with Crippen molar-refractivity contribution in [1.82, 2.24) is 10.3 Å². The van der Waals surface area contributed by atoms with Gasteiger partial charge in [0.25, 0.3) is 5.91 Å². The molecule has 2 rings (SSSR count). The second kappa shape index (κ2) is 5.84. The van der Waals surface area contributed by atoms with Crippen LogP contribution in [-0.4, -0.2) is 17.9 Å². The van der Waals surface area contributed by atoms with E-state index in [0.717, 1.165) is 11.3 Å². The molecule has 2 aromatic rings. The highest BCUT2D eigenvalue weighted by molar-refractivity contribution is 7.09. The molecule has 1 heterocycles. The molecule has 0 spiro atoms. The van der Waals surface area contributed by atoms with Gasteiger partial charge in [-0.15, -0.1) is 11.3 Å². The van der Waals surface area contributed by atoms with E-state index in [2.05, 4.69) is 22.5 Å². The normalized spacial score (nSPS) is 11.9. The van der Waals surface area contributed by atoms with Gasteiger partial charge in [0.1, 0.15) is 0 Å². The van der Waals surface area contributed by atoms with E-state index in [9.17, 15) is 4.79 Å². The van der Waals surface area contributed by atoms with E-state index in [4.69, 9.17) is 0 Å². The maximum Gasteiger partial charge on any atom is 0.251 e. The standard InChI is InChI=1S/C14H17N3OS/c1-9-11(14(18)15-3)5-4-6-12(9)17-10(2)13-7-16-8-19-13/h4-8,10,17H,1-3H3,(H,15,18). The third-order valence-electron chi connectivity index (χ3n) is 3.06. The number of carbonyl (C=O) groups excluding carboxylic acids is 1. The zero-order valence-electron chi connectivity index (χ0n) is 11.2. The van der Waals surface area contributed by atoms with Crippen LogP contribution in [0.4, 0.5) is 5.69 Å². The van der Waals surface area contributed by atoms with Crippen LogP contribution in [0.5, 0.6) is 0 Å². The molecule has 19 heavy (non-hydrogen) atoms. The minimum atomic E-state index is -0.0633. The Balaban J connectivity index is 2.24. The fraction of sp³-hybridized carbons (Fsp3) is 0.286. The van der Waals surface area contributed by atoms with Crippen LogP contribution in [0.1, 0.15) is 33.8 Å². The molecule has 0 bridgehead atoms. The molecule has 100 valence electrons. The molecule has 5 heteroatoms. The van der Waals surface area contributed by atoms with Gasteiger partial charge in [-0.25, -0.2) is 0 Å². The van der Waals surface area contributed by atoms with Gasteiger partial charge in [-0.2, -0.15) is 0 Å². The van der Waals surface area contributed by atoms with Crippen LogP contribution in [0.3, 0.4) is 0 Å². The van der Waals surface area contributed by atoms with Crippen LogP contribution in [0.15, 0.2) is 29.9 Å². The Kier molecular flexibility index (Phi) is 4.16. The number of hydrogen-bond acceptors (Lipinski definition) is 4. The molecule has 0 aliphatic carbocycles. The Bertz CT molecular complexity index is 566.